The van der Waals surface area contributed by atoms with Crippen molar-refractivity contribution in [2.45, 2.75) is 38.3 Å². The van der Waals surface area contributed by atoms with Crippen LogP contribution in [0.1, 0.15) is 36.4 Å². The summed E-state index contributed by atoms with van der Waals surface area (Å²) in [5, 5.41) is 3.93. The predicted octanol–water partition coefficient (Wildman–Crippen LogP) is 2.93. The average molecular weight is 257 g/mol. The van der Waals surface area contributed by atoms with E-state index in [9.17, 15) is 4.39 Å². The zero-order valence-electron chi connectivity index (χ0n) is 9.97. The summed E-state index contributed by atoms with van der Waals surface area (Å²) in [6, 6.07) is 3.08. The molecule has 1 fully saturated rings. The van der Waals surface area contributed by atoms with E-state index in [-0.39, 0.29) is 17.9 Å². The van der Waals surface area contributed by atoms with E-state index in [1.807, 2.05) is 0 Å². The first kappa shape index (κ1) is 12.8. The summed E-state index contributed by atoms with van der Waals surface area (Å²) >= 11 is 6.14. The van der Waals surface area contributed by atoms with Gasteiger partial charge in [0, 0.05) is 17.1 Å². The summed E-state index contributed by atoms with van der Waals surface area (Å²) in [5.41, 5.74) is 7.44. The highest BCUT2D eigenvalue weighted by Gasteiger charge is 2.23. The number of aryl methyl sites for hydroxylation is 1. The highest BCUT2D eigenvalue weighted by atomic mass is 35.5. The van der Waals surface area contributed by atoms with E-state index >= 15 is 0 Å². The predicted molar refractivity (Wildman–Crippen MR) is 68.7 cm³/mol. The Morgan fingerprint density at radius 3 is 2.88 bits per heavy atom. The molecule has 1 saturated heterocycles. The van der Waals surface area contributed by atoms with Crippen molar-refractivity contribution >= 4 is 11.6 Å². The molecule has 3 N–H and O–H groups in total. The van der Waals surface area contributed by atoms with Gasteiger partial charge >= 0.3 is 0 Å². The normalized spacial score (nSPS) is 22.5. The van der Waals surface area contributed by atoms with Crippen molar-refractivity contribution < 1.29 is 4.39 Å². The van der Waals surface area contributed by atoms with E-state index in [1.54, 1.807) is 13.0 Å². The lowest BCUT2D eigenvalue weighted by atomic mass is 9.92. The standard InChI is InChI=1S/C13H18ClFN2/c1-8-6-10(14)9(7-11(8)15)13(16)12-4-2-3-5-17-12/h6-7,12-13,17H,2-5,16H2,1H3. The van der Waals surface area contributed by atoms with Gasteiger partial charge in [0.25, 0.3) is 0 Å². The molecule has 0 aromatic heterocycles. The number of hydrogen-bond donors (Lipinski definition) is 2. The molecule has 2 atom stereocenters. The van der Waals surface area contributed by atoms with Crippen molar-refractivity contribution in [3.8, 4) is 0 Å². The molecule has 1 aliphatic heterocycles. The van der Waals surface area contributed by atoms with Gasteiger partial charge in [-0.3, -0.25) is 0 Å². The van der Waals surface area contributed by atoms with Crippen LogP contribution in [0.3, 0.4) is 0 Å². The van der Waals surface area contributed by atoms with E-state index in [1.165, 1.54) is 12.5 Å². The number of hydrogen-bond acceptors (Lipinski definition) is 2. The van der Waals surface area contributed by atoms with E-state index in [0.717, 1.165) is 19.4 Å². The van der Waals surface area contributed by atoms with Gasteiger partial charge in [-0.25, -0.2) is 4.39 Å². The van der Waals surface area contributed by atoms with Gasteiger partial charge in [0.15, 0.2) is 0 Å². The molecule has 1 aliphatic rings. The van der Waals surface area contributed by atoms with Gasteiger partial charge in [0.05, 0.1) is 0 Å². The molecular weight excluding hydrogens is 239 g/mol. The van der Waals surface area contributed by atoms with E-state index in [2.05, 4.69) is 5.32 Å². The van der Waals surface area contributed by atoms with Crippen molar-refractivity contribution in [3.63, 3.8) is 0 Å². The van der Waals surface area contributed by atoms with Gasteiger partial charge < -0.3 is 11.1 Å². The Morgan fingerprint density at radius 2 is 2.24 bits per heavy atom. The number of halogens is 2. The molecule has 0 radical (unpaired) electrons. The molecular formula is C13H18ClFN2. The first-order valence-electron chi connectivity index (χ1n) is 6.04. The number of nitrogens with two attached hydrogens (primary N) is 1. The third-order valence-electron chi connectivity index (χ3n) is 3.42. The van der Waals surface area contributed by atoms with Crippen molar-refractivity contribution in [2.24, 2.45) is 5.73 Å². The second-order valence-corrected chi connectivity index (χ2v) is 5.11. The van der Waals surface area contributed by atoms with E-state index in [4.69, 9.17) is 17.3 Å². The Hall–Kier alpha value is -0.640. The lowest BCUT2D eigenvalue weighted by Gasteiger charge is -2.29. The maximum Gasteiger partial charge on any atom is 0.126 e. The second kappa shape index (κ2) is 5.34. The molecule has 0 amide bonds. The zero-order chi connectivity index (χ0) is 12.4. The highest BCUT2D eigenvalue weighted by molar-refractivity contribution is 6.31. The average Bonchev–Trinajstić information content (AvgIpc) is 2.34. The molecule has 94 valence electrons. The minimum Gasteiger partial charge on any atom is -0.323 e. The quantitative estimate of drug-likeness (QED) is 0.854. The Balaban J connectivity index is 2.23. The third-order valence-corrected chi connectivity index (χ3v) is 3.75. The first-order valence-corrected chi connectivity index (χ1v) is 6.42. The van der Waals surface area contributed by atoms with Crippen LogP contribution >= 0.6 is 11.6 Å². The summed E-state index contributed by atoms with van der Waals surface area (Å²) in [5.74, 6) is -0.240. The van der Waals surface area contributed by atoms with Crippen LogP contribution in [0, 0.1) is 12.7 Å². The number of benzene rings is 1. The minimum atomic E-state index is -0.240. The molecule has 0 aliphatic carbocycles. The first-order chi connectivity index (χ1) is 8.09. The van der Waals surface area contributed by atoms with Crippen molar-refractivity contribution in [1.29, 1.82) is 0 Å². The van der Waals surface area contributed by atoms with E-state index < -0.39 is 0 Å². The molecule has 0 saturated carbocycles. The maximum atomic E-state index is 13.6. The number of rotatable bonds is 2. The fraction of sp³-hybridized carbons (Fsp3) is 0.538. The van der Waals surface area contributed by atoms with Crippen LogP contribution in [0.5, 0.6) is 0 Å². The van der Waals surface area contributed by atoms with Crippen LogP contribution in [0.4, 0.5) is 4.39 Å². The van der Waals surface area contributed by atoms with Crippen molar-refractivity contribution in [1.82, 2.24) is 5.32 Å². The second-order valence-electron chi connectivity index (χ2n) is 4.71. The van der Waals surface area contributed by atoms with Gasteiger partial charge in [0.2, 0.25) is 0 Å². The summed E-state index contributed by atoms with van der Waals surface area (Å²) in [6.07, 6.45) is 3.36. The lowest BCUT2D eigenvalue weighted by molar-refractivity contribution is 0.353. The van der Waals surface area contributed by atoms with Crippen LogP contribution in [-0.2, 0) is 0 Å². The summed E-state index contributed by atoms with van der Waals surface area (Å²) in [6.45, 7) is 2.68. The Kier molecular flexibility index (Phi) is 4.02. The van der Waals surface area contributed by atoms with Crippen molar-refractivity contribution in [2.75, 3.05) is 6.54 Å². The fourth-order valence-corrected chi connectivity index (χ4v) is 2.66. The Morgan fingerprint density at radius 1 is 1.47 bits per heavy atom. The van der Waals surface area contributed by atoms with Crippen LogP contribution in [-0.4, -0.2) is 12.6 Å². The smallest absolute Gasteiger partial charge is 0.126 e. The van der Waals surface area contributed by atoms with Gasteiger partial charge in [-0.15, -0.1) is 0 Å². The molecule has 4 heteroatoms. The monoisotopic (exact) mass is 256 g/mol. The van der Waals surface area contributed by atoms with Crippen LogP contribution in [0.25, 0.3) is 0 Å². The highest BCUT2D eigenvalue weighted by Crippen LogP contribution is 2.28. The molecule has 2 nitrogen and oxygen atoms in total. The number of nitrogens with one attached hydrogen (secondary N) is 1. The maximum absolute atomic E-state index is 13.6. The number of piperidine rings is 1. The van der Waals surface area contributed by atoms with Gasteiger partial charge in [-0.1, -0.05) is 18.0 Å². The Labute approximate surface area is 106 Å². The van der Waals surface area contributed by atoms with Gasteiger partial charge in [-0.05, 0) is 49.6 Å². The summed E-state index contributed by atoms with van der Waals surface area (Å²) in [4.78, 5) is 0. The molecule has 1 aromatic rings. The molecule has 1 aromatic carbocycles. The fourth-order valence-electron chi connectivity index (χ4n) is 2.32. The molecule has 2 rings (SSSR count). The lowest BCUT2D eigenvalue weighted by Crippen LogP contribution is -2.42. The van der Waals surface area contributed by atoms with Crippen LogP contribution in [0.15, 0.2) is 12.1 Å². The van der Waals surface area contributed by atoms with Crippen LogP contribution in [0.2, 0.25) is 5.02 Å². The minimum absolute atomic E-state index is 0.198. The summed E-state index contributed by atoms with van der Waals surface area (Å²) < 4.78 is 13.6. The van der Waals surface area contributed by atoms with E-state index in [0.29, 0.717) is 16.1 Å². The third kappa shape index (κ3) is 2.79. The molecule has 1 heterocycles. The topological polar surface area (TPSA) is 38.0 Å². The molecule has 0 spiro atoms. The molecule has 17 heavy (non-hydrogen) atoms. The van der Waals surface area contributed by atoms with Crippen molar-refractivity contribution in [3.05, 3.63) is 34.1 Å². The van der Waals surface area contributed by atoms with Gasteiger partial charge in [-0.2, -0.15) is 0 Å². The van der Waals surface area contributed by atoms with Gasteiger partial charge in [0.1, 0.15) is 5.82 Å². The Bertz CT molecular complexity index is 403. The largest absolute Gasteiger partial charge is 0.323 e. The molecule has 2 unspecified atom stereocenters. The zero-order valence-corrected chi connectivity index (χ0v) is 10.7. The SMILES string of the molecule is Cc1cc(Cl)c(C(N)C2CCCCN2)cc1F. The molecule has 0 bridgehead atoms. The van der Waals surface area contributed by atoms with Crippen LogP contribution < -0.4 is 11.1 Å². The summed E-state index contributed by atoms with van der Waals surface area (Å²) in [7, 11) is 0.